The molecule has 0 unspecified atom stereocenters. The monoisotopic (exact) mass is 503 g/mol. The van der Waals surface area contributed by atoms with Crippen molar-refractivity contribution in [2.45, 2.75) is 52.8 Å². The Morgan fingerprint density at radius 3 is 2.32 bits per heavy atom. The number of nitrogens with zero attached hydrogens (tertiary/aromatic N) is 1. The molecule has 0 saturated carbocycles. The van der Waals surface area contributed by atoms with Gasteiger partial charge in [-0.2, -0.15) is 0 Å². The molecule has 1 heterocycles. The normalized spacial score (nSPS) is 11.5. The molecule has 0 spiro atoms. The number of aromatic amines is 1. The van der Waals surface area contributed by atoms with Gasteiger partial charge in [0.25, 0.3) is 0 Å². The molecule has 4 aromatic rings. The van der Waals surface area contributed by atoms with Gasteiger partial charge in [0.2, 0.25) is 0 Å². The SMILES string of the molecule is Cc1cc(OCCC(C)(C)O)cc(C)c1-c1cccc(CNc2ccc(Cn3oc(=O)[nH]c3=O)cc2)c1. The van der Waals surface area contributed by atoms with Gasteiger partial charge in [-0.05, 0) is 91.4 Å². The topological polar surface area (TPSA) is 109 Å². The fourth-order valence-corrected chi connectivity index (χ4v) is 4.23. The number of ether oxygens (including phenoxy) is 1. The second-order valence-corrected chi connectivity index (χ2v) is 9.94. The molecule has 0 radical (unpaired) electrons. The van der Waals surface area contributed by atoms with E-state index in [1.807, 2.05) is 36.4 Å². The van der Waals surface area contributed by atoms with Gasteiger partial charge in [0.05, 0.1) is 18.8 Å². The molecule has 4 rings (SSSR count). The first-order valence-corrected chi connectivity index (χ1v) is 12.3. The van der Waals surface area contributed by atoms with E-state index in [1.165, 1.54) is 5.56 Å². The van der Waals surface area contributed by atoms with Gasteiger partial charge in [0.15, 0.2) is 0 Å². The Labute approximate surface area is 215 Å². The lowest BCUT2D eigenvalue weighted by Gasteiger charge is -2.18. The number of anilines is 1. The van der Waals surface area contributed by atoms with E-state index in [1.54, 1.807) is 13.8 Å². The first-order valence-electron chi connectivity index (χ1n) is 12.3. The first kappa shape index (κ1) is 26.0. The van der Waals surface area contributed by atoms with Gasteiger partial charge in [-0.25, -0.2) is 14.6 Å². The van der Waals surface area contributed by atoms with Crippen molar-refractivity contribution in [3.05, 3.63) is 104 Å². The summed E-state index contributed by atoms with van der Waals surface area (Å²) in [7, 11) is 0. The number of hydrogen-bond acceptors (Lipinski definition) is 6. The Balaban J connectivity index is 1.41. The quantitative estimate of drug-likeness (QED) is 0.292. The third kappa shape index (κ3) is 7.01. The molecule has 0 bridgehead atoms. The molecule has 1 aromatic heterocycles. The van der Waals surface area contributed by atoms with Crippen LogP contribution in [-0.4, -0.2) is 27.0 Å². The van der Waals surface area contributed by atoms with E-state index in [9.17, 15) is 14.7 Å². The number of aryl methyl sites for hydroxylation is 2. The molecular weight excluding hydrogens is 470 g/mol. The van der Waals surface area contributed by atoms with Crippen LogP contribution in [0, 0.1) is 13.8 Å². The molecule has 0 aliphatic carbocycles. The van der Waals surface area contributed by atoms with Crippen molar-refractivity contribution >= 4 is 5.69 Å². The highest BCUT2D eigenvalue weighted by molar-refractivity contribution is 5.72. The maximum Gasteiger partial charge on any atom is 0.440 e. The summed E-state index contributed by atoms with van der Waals surface area (Å²) >= 11 is 0. The number of hydrogen-bond donors (Lipinski definition) is 3. The van der Waals surface area contributed by atoms with E-state index in [2.05, 4.69) is 48.4 Å². The average molecular weight is 504 g/mol. The molecule has 0 aliphatic heterocycles. The van der Waals surface area contributed by atoms with E-state index in [0.29, 0.717) is 19.6 Å². The zero-order valence-corrected chi connectivity index (χ0v) is 21.6. The van der Waals surface area contributed by atoms with Gasteiger partial charge in [0.1, 0.15) is 5.75 Å². The van der Waals surface area contributed by atoms with Crippen LogP contribution in [0.3, 0.4) is 0 Å². The van der Waals surface area contributed by atoms with Crippen molar-refractivity contribution < 1.29 is 14.4 Å². The first-order chi connectivity index (χ1) is 17.6. The minimum absolute atomic E-state index is 0.182. The van der Waals surface area contributed by atoms with Crippen molar-refractivity contribution in [3.8, 4) is 16.9 Å². The maximum absolute atomic E-state index is 11.6. The van der Waals surface area contributed by atoms with Crippen molar-refractivity contribution in [1.29, 1.82) is 0 Å². The number of H-pyrrole nitrogens is 1. The molecule has 37 heavy (non-hydrogen) atoms. The van der Waals surface area contributed by atoms with Crippen LogP contribution in [0.4, 0.5) is 5.69 Å². The highest BCUT2D eigenvalue weighted by atomic mass is 16.5. The van der Waals surface area contributed by atoms with Crippen molar-refractivity contribution in [2.75, 3.05) is 11.9 Å². The lowest BCUT2D eigenvalue weighted by atomic mass is 9.94. The maximum atomic E-state index is 11.6. The summed E-state index contributed by atoms with van der Waals surface area (Å²) in [6, 6.07) is 20.2. The third-order valence-corrected chi connectivity index (χ3v) is 6.11. The van der Waals surface area contributed by atoms with Gasteiger partial charge < -0.3 is 19.7 Å². The van der Waals surface area contributed by atoms with Crippen molar-refractivity contribution in [3.63, 3.8) is 0 Å². The predicted molar refractivity (Wildman–Crippen MR) is 144 cm³/mol. The summed E-state index contributed by atoms with van der Waals surface area (Å²) in [6.45, 7) is 9.03. The molecular formula is C29H33N3O5. The zero-order valence-electron chi connectivity index (χ0n) is 21.6. The summed E-state index contributed by atoms with van der Waals surface area (Å²) in [4.78, 5) is 24.8. The van der Waals surface area contributed by atoms with Crippen LogP contribution in [0.25, 0.3) is 11.1 Å². The molecule has 3 N–H and O–H groups in total. The Hall–Kier alpha value is -4.04. The van der Waals surface area contributed by atoms with Crippen LogP contribution in [0.5, 0.6) is 5.75 Å². The van der Waals surface area contributed by atoms with Crippen molar-refractivity contribution in [1.82, 2.24) is 9.72 Å². The molecule has 0 saturated heterocycles. The Morgan fingerprint density at radius 2 is 1.70 bits per heavy atom. The molecule has 8 heteroatoms. The second-order valence-electron chi connectivity index (χ2n) is 9.94. The van der Waals surface area contributed by atoms with Gasteiger partial charge in [-0.3, -0.25) is 0 Å². The zero-order chi connectivity index (χ0) is 26.6. The van der Waals surface area contributed by atoms with E-state index < -0.39 is 17.0 Å². The van der Waals surface area contributed by atoms with Crippen LogP contribution in [0.2, 0.25) is 0 Å². The molecule has 8 nitrogen and oxygen atoms in total. The minimum Gasteiger partial charge on any atom is -0.493 e. The fourth-order valence-electron chi connectivity index (χ4n) is 4.23. The Bertz CT molecular complexity index is 1450. The average Bonchev–Trinajstić information content (AvgIpc) is 3.14. The number of aromatic nitrogens is 2. The summed E-state index contributed by atoms with van der Waals surface area (Å²) < 4.78 is 11.7. The number of nitrogens with one attached hydrogen (secondary N) is 2. The fraction of sp³-hybridized carbons (Fsp3) is 0.310. The highest BCUT2D eigenvalue weighted by Gasteiger charge is 2.14. The summed E-state index contributed by atoms with van der Waals surface area (Å²) in [5, 5.41) is 13.3. The van der Waals surface area contributed by atoms with Gasteiger partial charge in [-0.1, -0.05) is 30.3 Å². The Morgan fingerprint density at radius 1 is 1.00 bits per heavy atom. The van der Waals surface area contributed by atoms with Crippen LogP contribution in [0.15, 0.2) is 74.8 Å². The molecule has 0 atom stereocenters. The highest BCUT2D eigenvalue weighted by Crippen LogP contribution is 2.32. The molecule has 194 valence electrons. The number of benzene rings is 3. The van der Waals surface area contributed by atoms with Crippen LogP contribution in [-0.2, 0) is 13.1 Å². The predicted octanol–water partition coefficient (Wildman–Crippen LogP) is 4.61. The van der Waals surface area contributed by atoms with Crippen molar-refractivity contribution in [2.24, 2.45) is 0 Å². The van der Waals surface area contributed by atoms with Gasteiger partial charge in [-0.15, -0.1) is 4.74 Å². The number of rotatable bonds is 10. The van der Waals surface area contributed by atoms with Gasteiger partial charge >= 0.3 is 11.4 Å². The second kappa shape index (κ2) is 10.9. The van der Waals surface area contributed by atoms with Crippen LogP contribution in [0.1, 0.15) is 42.5 Å². The van der Waals surface area contributed by atoms with Gasteiger partial charge in [0, 0.05) is 18.7 Å². The third-order valence-electron chi connectivity index (χ3n) is 6.11. The lowest BCUT2D eigenvalue weighted by molar-refractivity contribution is 0.0553. The summed E-state index contributed by atoms with van der Waals surface area (Å²) in [6.07, 6.45) is 0.565. The molecule has 3 aromatic carbocycles. The standard InChI is InChI=1S/C29H33N3O5/c1-19-14-25(36-13-12-29(3,4)35)15-20(2)26(19)23-7-5-6-22(16-23)17-30-24-10-8-21(9-11-24)18-32-27(33)31-28(34)37-32/h5-11,14-16,30,35H,12-13,17-18H2,1-4H3,(H,31,33,34). The molecule has 0 aliphatic rings. The smallest absolute Gasteiger partial charge is 0.440 e. The molecule has 0 fully saturated rings. The van der Waals surface area contributed by atoms with E-state index >= 15 is 0 Å². The van der Waals surface area contributed by atoms with E-state index in [-0.39, 0.29) is 6.54 Å². The summed E-state index contributed by atoms with van der Waals surface area (Å²) in [5.41, 5.74) is 6.22. The lowest BCUT2D eigenvalue weighted by Crippen LogP contribution is -2.21. The summed E-state index contributed by atoms with van der Waals surface area (Å²) in [5.74, 6) is 0.0511. The van der Waals surface area contributed by atoms with E-state index in [4.69, 9.17) is 9.26 Å². The van der Waals surface area contributed by atoms with E-state index in [0.717, 1.165) is 44.0 Å². The molecule has 0 amide bonds. The van der Waals surface area contributed by atoms with Crippen LogP contribution < -0.4 is 21.5 Å². The van der Waals surface area contributed by atoms with Crippen LogP contribution >= 0.6 is 0 Å². The largest absolute Gasteiger partial charge is 0.493 e. The minimum atomic E-state index is -0.762. The Kier molecular flexibility index (Phi) is 7.69. The number of aliphatic hydroxyl groups is 1.